The molecular weight excluding hydrogens is 544 g/mol. The number of fused-ring (bicyclic) bond motifs is 2. The van der Waals surface area contributed by atoms with Gasteiger partial charge in [-0.1, -0.05) is 42.4 Å². The highest BCUT2D eigenvalue weighted by atomic mass is 16.5. The van der Waals surface area contributed by atoms with Crippen LogP contribution in [0.5, 0.6) is 23.0 Å². The maximum atomic E-state index is 14.1. The first kappa shape index (κ1) is 31.7. The van der Waals surface area contributed by atoms with Crippen LogP contribution in [0.3, 0.4) is 0 Å². The highest BCUT2D eigenvalue weighted by Crippen LogP contribution is 2.58. The minimum absolute atomic E-state index is 0.00790. The average molecular weight is 587 g/mol. The van der Waals surface area contributed by atoms with Crippen LogP contribution in [-0.2, 0) is 9.59 Å². The molecule has 1 saturated carbocycles. The van der Waals surface area contributed by atoms with Crippen molar-refractivity contribution < 1.29 is 34.4 Å². The van der Waals surface area contributed by atoms with Gasteiger partial charge in [0.05, 0.1) is 14.2 Å². The first-order valence-electron chi connectivity index (χ1n) is 14.7. The summed E-state index contributed by atoms with van der Waals surface area (Å²) < 4.78 is 10.6. The molecule has 2 bridgehead atoms. The van der Waals surface area contributed by atoms with Crippen molar-refractivity contribution in [3.8, 4) is 23.0 Å². The Morgan fingerprint density at radius 1 is 1.00 bits per heavy atom. The summed E-state index contributed by atoms with van der Waals surface area (Å²) in [6.45, 7) is 8.01. The zero-order chi connectivity index (χ0) is 31.4. The van der Waals surface area contributed by atoms with E-state index in [0.29, 0.717) is 23.5 Å². The van der Waals surface area contributed by atoms with E-state index < -0.39 is 5.92 Å². The van der Waals surface area contributed by atoms with Crippen molar-refractivity contribution in [3.05, 3.63) is 88.7 Å². The third-order valence-electron chi connectivity index (χ3n) is 8.86. The van der Waals surface area contributed by atoms with Crippen molar-refractivity contribution >= 4 is 17.6 Å². The molecule has 7 nitrogen and oxygen atoms in total. The molecule has 0 aliphatic heterocycles. The largest absolute Gasteiger partial charge is 0.508 e. The second-order valence-electron chi connectivity index (χ2n) is 12.1. The molecule has 3 aliphatic rings. The van der Waals surface area contributed by atoms with E-state index in [1.165, 1.54) is 38.0 Å². The molecule has 0 amide bonds. The molecule has 1 fully saturated rings. The van der Waals surface area contributed by atoms with Crippen LogP contribution in [0.4, 0.5) is 0 Å². The Bertz CT molecular complexity index is 1490. The monoisotopic (exact) mass is 586 g/mol. The van der Waals surface area contributed by atoms with Crippen molar-refractivity contribution in [1.82, 2.24) is 0 Å². The first-order valence-corrected chi connectivity index (χ1v) is 14.7. The van der Waals surface area contributed by atoms with Gasteiger partial charge < -0.3 is 24.8 Å². The van der Waals surface area contributed by atoms with E-state index in [-0.39, 0.29) is 58.4 Å². The molecule has 3 N–H and O–H groups in total. The number of carbonyl (C=O) groups is 2. The highest BCUT2D eigenvalue weighted by molar-refractivity contribution is 5.94. The lowest BCUT2D eigenvalue weighted by atomic mass is 9.51. The van der Waals surface area contributed by atoms with Gasteiger partial charge in [0.25, 0.3) is 0 Å². The standard InChI is InChI=1S/C36H42O7/c1-20(2)13-26(38)14-21(3)27-19-28-22(4)15-29(27)36(35(28)24-9-12-31(40)34(17-24)43-6)32(41)18-25(37)10-7-23-8-11-30(39)33(16-23)42-5/h7-13,15-18,21,27-29,35-37,39-40H,14,19H2,1-6H3/b10-7+,25-18-/t21-,27+,28?,29?,35-,36+/m0/s1. The zero-order valence-corrected chi connectivity index (χ0v) is 25.7. The Kier molecular flexibility index (Phi) is 9.84. The maximum absolute atomic E-state index is 14.1. The Balaban J connectivity index is 1.70. The minimum Gasteiger partial charge on any atom is -0.508 e. The lowest BCUT2D eigenvalue weighted by Crippen LogP contribution is -2.47. The molecule has 0 radical (unpaired) electrons. The molecule has 0 aromatic heterocycles. The summed E-state index contributed by atoms with van der Waals surface area (Å²) in [6, 6.07) is 10.0. The van der Waals surface area contributed by atoms with Crippen LogP contribution >= 0.6 is 0 Å². The van der Waals surface area contributed by atoms with Crippen molar-refractivity contribution in [2.75, 3.05) is 14.2 Å². The minimum atomic E-state index is -0.480. The number of phenolic OH excluding ortho intramolecular Hbond substituents is 2. The van der Waals surface area contributed by atoms with Crippen molar-refractivity contribution in [3.63, 3.8) is 0 Å². The Morgan fingerprint density at radius 3 is 2.30 bits per heavy atom. The van der Waals surface area contributed by atoms with Crippen LogP contribution in [0.2, 0.25) is 0 Å². The van der Waals surface area contributed by atoms with E-state index >= 15 is 0 Å². The second-order valence-corrected chi connectivity index (χ2v) is 12.1. The van der Waals surface area contributed by atoms with Crippen LogP contribution in [0, 0.1) is 29.6 Å². The van der Waals surface area contributed by atoms with Gasteiger partial charge in [0, 0.05) is 24.3 Å². The number of aliphatic hydroxyl groups excluding tert-OH is 1. The molecule has 7 heteroatoms. The fourth-order valence-electron chi connectivity index (χ4n) is 6.92. The number of methoxy groups -OCH3 is 2. The zero-order valence-electron chi connectivity index (χ0n) is 25.7. The van der Waals surface area contributed by atoms with Gasteiger partial charge in [-0.3, -0.25) is 9.59 Å². The summed E-state index contributed by atoms with van der Waals surface area (Å²) in [4.78, 5) is 26.8. The van der Waals surface area contributed by atoms with E-state index in [9.17, 15) is 24.9 Å². The Labute approximate surface area is 253 Å². The summed E-state index contributed by atoms with van der Waals surface area (Å²) in [5.74, 6) is -0.197. The van der Waals surface area contributed by atoms with E-state index in [0.717, 1.165) is 17.6 Å². The Hall–Kier alpha value is -4.26. The summed E-state index contributed by atoms with van der Waals surface area (Å²) in [7, 11) is 2.95. The number of allylic oxidation sites excluding steroid dienone is 6. The van der Waals surface area contributed by atoms with E-state index in [1.807, 2.05) is 19.9 Å². The fourth-order valence-corrected chi connectivity index (χ4v) is 6.92. The molecule has 0 saturated heterocycles. The summed E-state index contributed by atoms with van der Waals surface area (Å²) in [5, 5.41) is 30.9. The van der Waals surface area contributed by atoms with Gasteiger partial charge >= 0.3 is 0 Å². The summed E-state index contributed by atoms with van der Waals surface area (Å²) in [5.41, 5.74) is 3.74. The van der Waals surface area contributed by atoms with Gasteiger partial charge in [-0.2, -0.15) is 0 Å². The van der Waals surface area contributed by atoms with Crippen LogP contribution in [0.15, 0.2) is 77.6 Å². The normalized spacial score (nSPS) is 23.9. The summed E-state index contributed by atoms with van der Waals surface area (Å²) >= 11 is 0. The van der Waals surface area contributed by atoms with Gasteiger partial charge in [0.1, 0.15) is 5.76 Å². The molecule has 0 heterocycles. The lowest BCUT2D eigenvalue weighted by Gasteiger charge is -2.52. The molecule has 2 aromatic carbocycles. The molecule has 2 aromatic rings. The van der Waals surface area contributed by atoms with Crippen molar-refractivity contribution in [2.45, 2.75) is 46.5 Å². The number of aromatic hydroxyl groups is 2. The van der Waals surface area contributed by atoms with Gasteiger partial charge in [0.15, 0.2) is 34.6 Å². The molecule has 228 valence electrons. The SMILES string of the molecule is COc1cc(/C=C/C(O)=C/C(=O)[C@H]2C3C=C(C)C(C[C@@H]3[C@@H](C)CC(=O)C=C(C)C)[C@@H]2c2ccc(O)c(OC)c2)ccc1O. The molecule has 3 aliphatic carbocycles. The third-order valence-corrected chi connectivity index (χ3v) is 8.86. The van der Waals surface area contributed by atoms with Crippen molar-refractivity contribution in [1.29, 1.82) is 0 Å². The average Bonchev–Trinajstić information content (AvgIpc) is 2.96. The fraction of sp³-hybridized carbons (Fsp3) is 0.389. The predicted molar refractivity (Wildman–Crippen MR) is 167 cm³/mol. The smallest absolute Gasteiger partial charge is 0.163 e. The van der Waals surface area contributed by atoms with Crippen molar-refractivity contribution in [2.24, 2.45) is 29.6 Å². The number of phenols is 2. The van der Waals surface area contributed by atoms with Gasteiger partial charge in [-0.25, -0.2) is 0 Å². The van der Waals surface area contributed by atoms with Gasteiger partial charge in [-0.15, -0.1) is 0 Å². The first-order chi connectivity index (χ1) is 20.4. The quantitative estimate of drug-likeness (QED) is 0.109. The number of carbonyl (C=O) groups excluding carboxylic acids is 2. The number of rotatable bonds is 11. The molecule has 43 heavy (non-hydrogen) atoms. The van der Waals surface area contributed by atoms with Crippen LogP contribution in [0.25, 0.3) is 6.08 Å². The molecular formula is C36H42O7. The van der Waals surface area contributed by atoms with Crippen LogP contribution < -0.4 is 9.47 Å². The number of benzene rings is 2. The number of ketones is 2. The Morgan fingerprint density at radius 2 is 1.65 bits per heavy atom. The summed E-state index contributed by atoms with van der Waals surface area (Å²) in [6.07, 6.45) is 9.49. The number of hydrogen-bond acceptors (Lipinski definition) is 7. The van der Waals surface area contributed by atoms with Gasteiger partial charge in [0.2, 0.25) is 0 Å². The lowest BCUT2D eigenvalue weighted by molar-refractivity contribution is -0.124. The van der Waals surface area contributed by atoms with Gasteiger partial charge in [-0.05, 0) is 98.4 Å². The van der Waals surface area contributed by atoms with E-state index in [2.05, 4.69) is 19.9 Å². The highest BCUT2D eigenvalue weighted by Gasteiger charge is 2.52. The molecule has 5 rings (SSSR count). The molecule has 0 spiro atoms. The second kappa shape index (κ2) is 13.4. The predicted octanol–water partition coefficient (Wildman–Crippen LogP) is 7.31. The number of ether oxygens (including phenoxy) is 2. The number of hydrogen-bond donors (Lipinski definition) is 3. The van der Waals surface area contributed by atoms with E-state index in [1.54, 1.807) is 36.4 Å². The van der Waals surface area contributed by atoms with Crippen LogP contribution in [-0.4, -0.2) is 41.1 Å². The molecule has 6 atom stereocenters. The number of aliphatic hydroxyl groups is 1. The topological polar surface area (TPSA) is 113 Å². The van der Waals surface area contributed by atoms with E-state index in [4.69, 9.17) is 9.47 Å². The third kappa shape index (κ3) is 7.04. The van der Waals surface area contributed by atoms with Crippen LogP contribution in [0.1, 0.15) is 57.6 Å². The molecule has 2 unspecified atom stereocenters. The maximum Gasteiger partial charge on any atom is 0.163 e.